The third-order valence-corrected chi connectivity index (χ3v) is 5.06. The Morgan fingerprint density at radius 2 is 2.00 bits per heavy atom. The van der Waals surface area contributed by atoms with Crippen LogP contribution < -0.4 is 11.1 Å². The van der Waals surface area contributed by atoms with E-state index in [9.17, 15) is 9.59 Å². The number of benzene rings is 1. The van der Waals surface area contributed by atoms with Gasteiger partial charge >= 0.3 is 0 Å². The summed E-state index contributed by atoms with van der Waals surface area (Å²) in [4.78, 5) is 32.6. The number of nitrogens with zero attached hydrogens (tertiary/aromatic N) is 1. The van der Waals surface area contributed by atoms with Crippen LogP contribution in [-0.2, 0) is 12.8 Å². The Hall–Kier alpha value is -2.93. The van der Waals surface area contributed by atoms with Crippen LogP contribution in [0.25, 0.3) is 0 Å². The fourth-order valence-corrected chi connectivity index (χ4v) is 3.45. The molecule has 2 amide bonds. The van der Waals surface area contributed by atoms with Gasteiger partial charge in [-0.05, 0) is 42.0 Å². The Morgan fingerprint density at radius 3 is 2.63 bits per heavy atom. The summed E-state index contributed by atoms with van der Waals surface area (Å²) in [6.07, 6.45) is 3.79. The minimum atomic E-state index is -0.662. The lowest BCUT2D eigenvalue weighted by molar-refractivity contribution is 0.0997. The number of aromatic amines is 1. The van der Waals surface area contributed by atoms with Gasteiger partial charge in [0, 0.05) is 16.9 Å². The fourth-order valence-electron chi connectivity index (χ4n) is 2.74. The number of imidazole rings is 1. The average Bonchev–Trinajstić information content (AvgIpc) is 3.30. The quantitative estimate of drug-likeness (QED) is 0.553. The van der Waals surface area contributed by atoms with Gasteiger partial charge in [-0.15, -0.1) is 11.3 Å². The molecule has 0 saturated carbocycles. The number of rotatable bonds is 8. The van der Waals surface area contributed by atoms with Gasteiger partial charge in [0.1, 0.15) is 11.5 Å². The van der Waals surface area contributed by atoms with E-state index < -0.39 is 5.91 Å². The first-order chi connectivity index (χ1) is 13.1. The highest BCUT2D eigenvalue weighted by molar-refractivity contribution is 7.09. The lowest BCUT2D eigenvalue weighted by Crippen LogP contribution is -2.18. The summed E-state index contributed by atoms with van der Waals surface area (Å²) in [7, 11) is 0. The Morgan fingerprint density at radius 1 is 1.22 bits per heavy atom. The van der Waals surface area contributed by atoms with Gasteiger partial charge in [0.05, 0.1) is 0 Å². The summed E-state index contributed by atoms with van der Waals surface area (Å²) < 4.78 is 0. The predicted octanol–water partition coefficient (Wildman–Crippen LogP) is 3.76. The molecular formula is C20H22N4O2S. The van der Waals surface area contributed by atoms with Crippen LogP contribution in [0.3, 0.4) is 0 Å². The van der Waals surface area contributed by atoms with Crippen molar-refractivity contribution in [3.8, 4) is 0 Å². The van der Waals surface area contributed by atoms with Crippen molar-refractivity contribution in [3.63, 3.8) is 0 Å². The second-order valence-corrected chi connectivity index (χ2v) is 7.31. The summed E-state index contributed by atoms with van der Waals surface area (Å²) >= 11 is 1.60. The van der Waals surface area contributed by atoms with Crippen molar-refractivity contribution >= 4 is 29.0 Å². The van der Waals surface area contributed by atoms with Crippen LogP contribution in [0.15, 0.2) is 41.8 Å². The van der Waals surface area contributed by atoms with Crippen LogP contribution in [0.5, 0.6) is 0 Å². The molecule has 0 spiro atoms. The molecule has 0 radical (unpaired) electrons. The second-order valence-electron chi connectivity index (χ2n) is 6.28. The van der Waals surface area contributed by atoms with Gasteiger partial charge in [-0.1, -0.05) is 31.5 Å². The lowest BCUT2D eigenvalue weighted by Gasteiger charge is -2.05. The SMILES string of the molecule is CCCCc1ccc(C(=O)Nc2nc(Cc3cccs3)[nH]c2C(N)=O)cc1. The fraction of sp³-hybridized carbons (Fsp3) is 0.250. The monoisotopic (exact) mass is 382 g/mol. The molecule has 3 aromatic rings. The van der Waals surface area contributed by atoms with Crippen molar-refractivity contribution in [2.24, 2.45) is 5.73 Å². The van der Waals surface area contributed by atoms with Crippen LogP contribution in [0, 0.1) is 0 Å². The van der Waals surface area contributed by atoms with E-state index in [4.69, 9.17) is 5.73 Å². The number of nitrogens with two attached hydrogens (primary N) is 1. The van der Waals surface area contributed by atoms with E-state index in [-0.39, 0.29) is 17.4 Å². The molecule has 2 aromatic heterocycles. The van der Waals surface area contributed by atoms with Crippen molar-refractivity contribution in [3.05, 3.63) is 69.3 Å². The van der Waals surface area contributed by atoms with Crippen molar-refractivity contribution in [1.29, 1.82) is 0 Å². The molecule has 0 atom stereocenters. The first-order valence-electron chi connectivity index (χ1n) is 8.88. The molecule has 0 saturated heterocycles. The predicted molar refractivity (Wildman–Crippen MR) is 107 cm³/mol. The van der Waals surface area contributed by atoms with Gasteiger partial charge in [0.15, 0.2) is 5.82 Å². The number of thiophene rings is 1. The highest BCUT2D eigenvalue weighted by atomic mass is 32.1. The minimum absolute atomic E-state index is 0.106. The number of nitrogens with one attached hydrogen (secondary N) is 2. The van der Waals surface area contributed by atoms with Gasteiger partial charge in [0.2, 0.25) is 0 Å². The number of primary amides is 1. The molecule has 27 heavy (non-hydrogen) atoms. The summed E-state index contributed by atoms with van der Waals surface area (Å²) in [6, 6.07) is 11.4. The molecule has 2 heterocycles. The number of H-pyrrole nitrogens is 1. The number of anilines is 1. The highest BCUT2D eigenvalue weighted by Crippen LogP contribution is 2.18. The van der Waals surface area contributed by atoms with Crippen LogP contribution in [-0.4, -0.2) is 21.8 Å². The summed E-state index contributed by atoms with van der Waals surface area (Å²) in [5.74, 6) is -0.246. The summed E-state index contributed by atoms with van der Waals surface area (Å²) in [6.45, 7) is 2.15. The molecule has 0 unspecified atom stereocenters. The molecule has 0 aliphatic carbocycles. The topological polar surface area (TPSA) is 101 Å². The normalized spacial score (nSPS) is 10.7. The Kier molecular flexibility index (Phi) is 6.03. The van der Waals surface area contributed by atoms with E-state index in [2.05, 4.69) is 22.2 Å². The van der Waals surface area contributed by atoms with Crippen molar-refractivity contribution < 1.29 is 9.59 Å². The highest BCUT2D eigenvalue weighted by Gasteiger charge is 2.18. The van der Waals surface area contributed by atoms with Crippen LogP contribution in [0.2, 0.25) is 0 Å². The molecule has 0 aliphatic heterocycles. The van der Waals surface area contributed by atoms with E-state index >= 15 is 0 Å². The maximum absolute atomic E-state index is 12.5. The zero-order valence-corrected chi connectivity index (χ0v) is 15.9. The number of carbonyl (C=O) groups excluding carboxylic acids is 2. The van der Waals surface area contributed by atoms with E-state index in [1.807, 2.05) is 29.6 Å². The number of carbonyl (C=O) groups is 2. The van der Waals surface area contributed by atoms with Crippen molar-refractivity contribution in [1.82, 2.24) is 9.97 Å². The maximum Gasteiger partial charge on any atom is 0.269 e. The number of amides is 2. The largest absolute Gasteiger partial charge is 0.364 e. The van der Waals surface area contributed by atoms with Gasteiger partial charge < -0.3 is 16.0 Å². The van der Waals surface area contributed by atoms with Crippen LogP contribution in [0.4, 0.5) is 5.82 Å². The molecule has 3 rings (SSSR count). The zero-order valence-electron chi connectivity index (χ0n) is 15.1. The molecule has 6 nitrogen and oxygen atoms in total. The smallest absolute Gasteiger partial charge is 0.269 e. The molecule has 4 N–H and O–H groups in total. The zero-order chi connectivity index (χ0) is 19.2. The van der Waals surface area contributed by atoms with Crippen molar-refractivity contribution in [2.75, 3.05) is 5.32 Å². The van der Waals surface area contributed by atoms with E-state index in [1.165, 1.54) is 5.56 Å². The molecular weight excluding hydrogens is 360 g/mol. The molecule has 0 fully saturated rings. The molecule has 140 valence electrons. The van der Waals surface area contributed by atoms with Crippen molar-refractivity contribution in [2.45, 2.75) is 32.6 Å². The van der Waals surface area contributed by atoms with Gasteiger partial charge in [-0.2, -0.15) is 0 Å². The first-order valence-corrected chi connectivity index (χ1v) is 9.76. The summed E-state index contributed by atoms with van der Waals surface area (Å²) in [5, 5.41) is 4.66. The lowest BCUT2D eigenvalue weighted by atomic mass is 10.1. The van der Waals surface area contributed by atoms with Crippen LogP contribution >= 0.6 is 11.3 Å². The Balaban J connectivity index is 1.74. The Bertz CT molecular complexity index is 914. The number of aryl methyl sites for hydroxylation is 1. The second kappa shape index (κ2) is 8.64. The van der Waals surface area contributed by atoms with E-state index in [0.717, 1.165) is 24.1 Å². The molecule has 7 heteroatoms. The third-order valence-electron chi connectivity index (χ3n) is 4.19. The number of aromatic nitrogens is 2. The number of hydrogen-bond donors (Lipinski definition) is 3. The van der Waals surface area contributed by atoms with E-state index in [1.54, 1.807) is 23.5 Å². The third kappa shape index (κ3) is 4.83. The average molecular weight is 382 g/mol. The van der Waals surface area contributed by atoms with Crippen LogP contribution in [0.1, 0.15) is 56.9 Å². The first kappa shape index (κ1) is 18.8. The molecule has 1 aromatic carbocycles. The van der Waals surface area contributed by atoms with Gasteiger partial charge in [-0.3, -0.25) is 9.59 Å². The van der Waals surface area contributed by atoms with Gasteiger partial charge in [-0.25, -0.2) is 4.98 Å². The maximum atomic E-state index is 12.5. The van der Waals surface area contributed by atoms with E-state index in [0.29, 0.717) is 17.8 Å². The summed E-state index contributed by atoms with van der Waals surface area (Å²) in [5.41, 5.74) is 7.24. The van der Waals surface area contributed by atoms with Gasteiger partial charge in [0.25, 0.3) is 11.8 Å². The Labute approximate surface area is 161 Å². The number of unbranched alkanes of at least 4 members (excludes halogenated alkanes) is 1. The number of hydrogen-bond acceptors (Lipinski definition) is 4. The molecule has 0 aliphatic rings. The minimum Gasteiger partial charge on any atom is -0.364 e. The standard InChI is InChI=1S/C20H22N4O2S/c1-2-3-5-13-7-9-14(10-8-13)20(26)24-19-17(18(21)25)22-16(23-19)12-15-6-4-11-27-15/h4,6-11H,2-3,5,12H2,1H3,(H2,21,25)(H,22,23)(H,24,26). The molecule has 0 bridgehead atoms.